The van der Waals surface area contributed by atoms with Crippen molar-refractivity contribution in [2.45, 2.75) is 43.8 Å². The zero-order valence-corrected chi connectivity index (χ0v) is 10.9. The first-order chi connectivity index (χ1) is 8.15. The van der Waals surface area contributed by atoms with Crippen LogP contribution in [0.5, 0.6) is 0 Å². The van der Waals surface area contributed by atoms with Crippen molar-refractivity contribution in [2.24, 2.45) is 11.7 Å². The second kappa shape index (κ2) is 5.69. The second-order valence-electron chi connectivity index (χ2n) is 4.68. The molecule has 1 aliphatic rings. The number of nitrogens with zero attached hydrogens (tertiary/aromatic N) is 1. The zero-order chi connectivity index (χ0) is 12.3. The third-order valence-corrected chi connectivity index (χ3v) is 4.20. The van der Waals surface area contributed by atoms with Gasteiger partial charge in [-0.2, -0.15) is 0 Å². The van der Waals surface area contributed by atoms with Crippen LogP contribution in [0.4, 0.5) is 0 Å². The van der Waals surface area contributed by atoms with Gasteiger partial charge in [-0.05, 0) is 32.1 Å². The Labute approximate surface area is 105 Å². The molecule has 4 nitrogen and oxygen atoms in total. The monoisotopic (exact) mass is 253 g/mol. The third kappa shape index (κ3) is 3.57. The van der Waals surface area contributed by atoms with Gasteiger partial charge in [0.25, 0.3) is 5.56 Å². The molecule has 1 heterocycles. The van der Waals surface area contributed by atoms with E-state index in [9.17, 15) is 4.79 Å². The van der Waals surface area contributed by atoms with E-state index >= 15 is 0 Å². The minimum atomic E-state index is -0.0717. The van der Waals surface area contributed by atoms with Crippen molar-refractivity contribution in [1.82, 2.24) is 9.97 Å². The normalized spacial score (nSPS) is 24.1. The molecule has 2 rings (SSSR count). The number of aromatic amines is 1. The summed E-state index contributed by atoms with van der Waals surface area (Å²) in [4.78, 5) is 18.3. The first kappa shape index (κ1) is 12.6. The van der Waals surface area contributed by atoms with Crippen LogP contribution < -0.4 is 11.3 Å². The van der Waals surface area contributed by atoms with Crippen LogP contribution in [-0.4, -0.2) is 21.8 Å². The van der Waals surface area contributed by atoms with Gasteiger partial charge in [0, 0.05) is 23.6 Å². The lowest BCUT2D eigenvalue weighted by Gasteiger charge is -2.14. The summed E-state index contributed by atoms with van der Waals surface area (Å²) >= 11 is 1.62. The molecule has 5 heteroatoms. The first-order valence-electron chi connectivity index (χ1n) is 6.11. The van der Waals surface area contributed by atoms with Crippen LogP contribution >= 0.6 is 11.8 Å². The quantitative estimate of drug-likeness (QED) is 0.632. The Morgan fingerprint density at radius 1 is 1.59 bits per heavy atom. The average molecular weight is 253 g/mol. The number of hydrogen-bond donors (Lipinski definition) is 2. The Bertz CT molecular complexity index is 432. The Morgan fingerprint density at radius 2 is 2.41 bits per heavy atom. The smallest absolute Gasteiger partial charge is 0.251 e. The van der Waals surface area contributed by atoms with Crippen molar-refractivity contribution in [3.05, 3.63) is 22.1 Å². The molecule has 0 saturated heterocycles. The van der Waals surface area contributed by atoms with Gasteiger partial charge < -0.3 is 10.7 Å². The van der Waals surface area contributed by atoms with Crippen LogP contribution in [0.25, 0.3) is 0 Å². The highest BCUT2D eigenvalue weighted by Crippen LogP contribution is 2.28. The first-order valence-corrected chi connectivity index (χ1v) is 7.10. The van der Waals surface area contributed by atoms with Crippen LogP contribution in [0.15, 0.2) is 16.0 Å². The molecule has 17 heavy (non-hydrogen) atoms. The standard InChI is InChI=1S/C12H19N3OS/c1-8-7-11(16)15-12(14-8)17-6-5-9-3-2-4-10(9)13/h7,9-10H,2-6,13H2,1H3,(H,14,15,16). The number of nitrogens with two attached hydrogens (primary N) is 1. The molecular weight excluding hydrogens is 234 g/mol. The van der Waals surface area contributed by atoms with Crippen LogP contribution in [0, 0.1) is 12.8 Å². The van der Waals surface area contributed by atoms with E-state index in [-0.39, 0.29) is 5.56 Å². The van der Waals surface area contributed by atoms with Gasteiger partial charge in [0.2, 0.25) is 0 Å². The molecule has 1 saturated carbocycles. The fourth-order valence-corrected chi connectivity index (χ4v) is 3.35. The molecule has 94 valence electrons. The van der Waals surface area contributed by atoms with Crippen LogP contribution in [-0.2, 0) is 0 Å². The molecule has 0 aliphatic heterocycles. The van der Waals surface area contributed by atoms with Crippen molar-refractivity contribution in [1.29, 1.82) is 0 Å². The number of rotatable bonds is 4. The van der Waals surface area contributed by atoms with E-state index in [2.05, 4.69) is 9.97 Å². The van der Waals surface area contributed by atoms with Crippen LogP contribution in [0.3, 0.4) is 0 Å². The van der Waals surface area contributed by atoms with Gasteiger partial charge in [-0.3, -0.25) is 4.79 Å². The summed E-state index contributed by atoms with van der Waals surface area (Å²) in [6, 6.07) is 1.89. The maximum absolute atomic E-state index is 11.3. The SMILES string of the molecule is Cc1cc(=O)[nH]c(SCCC2CCCC2N)n1. The van der Waals surface area contributed by atoms with Crippen LogP contribution in [0.2, 0.25) is 0 Å². The molecule has 1 fully saturated rings. The predicted octanol–water partition coefficient (Wildman–Crippen LogP) is 1.69. The van der Waals surface area contributed by atoms with Crippen molar-refractivity contribution >= 4 is 11.8 Å². The molecule has 0 aromatic carbocycles. The van der Waals surface area contributed by atoms with E-state index in [1.807, 2.05) is 6.92 Å². The molecule has 1 aromatic heterocycles. The van der Waals surface area contributed by atoms with Crippen LogP contribution in [0.1, 0.15) is 31.4 Å². The van der Waals surface area contributed by atoms with E-state index in [1.165, 1.54) is 18.9 Å². The highest BCUT2D eigenvalue weighted by molar-refractivity contribution is 7.99. The molecule has 1 aliphatic carbocycles. The summed E-state index contributed by atoms with van der Waals surface area (Å²) in [6.07, 6.45) is 4.79. The number of nitrogens with one attached hydrogen (secondary N) is 1. The minimum absolute atomic E-state index is 0.0717. The number of thioether (sulfide) groups is 1. The summed E-state index contributed by atoms with van der Waals surface area (Å²) < 4.78 is 0. The van der Waals surface area contributed by atoms with Gasteiger partial charge in [-0.1, -0.05) is 18.2 Å². The lowest BCUT2D eigenvalue weighted by molar-refractivity contribution is 0.470. The third-order valence-electron chi connectivity index (χ3n) is 3.29. The largest absolute Gasteiger partial charge is 0.327 e. The summed E-state index contributed by atoms with van der Waals surface area (Å²) in [7, 11) is 0. The molecule has 0 bridgehead atoms. The Kier molecular flexibility index (Phi) is 4.23. The number of H-pyrrole nitrogens is 1. The highest BCUT2D eigenvalue weighted by Gasteiger charge is 2.23. The molecule has 3 N–H and O–H groups in total. The molecule has 0 radical (unpaired) electrons. The molecule has 1 aromatic rings. The van der Waals surface area contributed by atoms with Gasteiger partial charge >= 0.3 is 0 Å². The number of hydrogen-bond acceptors (Lipinski definition) is 4. The fourth-order valence-electron chi connectivity index (χ4n) is 2.35. The van der Waals surface area contributed by atoms with Gasteiger partial charge in [-0.15, -0.1) is 0 Å². The number of aromatic nitrogens is 2. The number of aryl methyl sites for hydroxylation is 1. The second-order valence-corrected chi connectivity index (χ2v) is 5.77. The maximum Gasteiger partial charge on any atom is 0.251 e. The molecule has 2 unspecified atom stereocenters. The molecule has 2 atom stereocenters. The lowest BCUT2D eigenvalue weighted by atomic mass is 10.0. The van der Waals surface area contributed by atoms with Gasteiger partial charge in [0.15, 0.2) is 5.16 Å². The summed E-state index contributed by atoms with van der Waals surface area (Å²) in [5.74, 6) is 1.63. The Hall–Kier alpha value is -0.810. The van der Waals surface area contributed by atoms with E-state index < -0.39 is 0 Å². The van der Waals surface area contributed by atoms with Gasteiger partial charge in [-0.25, -0.2) is 4.98 Å². The van der Waals surface area contributed by atoms with Crippen molar-refractivity contribution in [3.8, 4) is 0 Å². The Balaban J connectivity index is 1.83. The molecular formula is C12H19N3OS. The maximum atomic E-state index is 11.3. The molecule has 0 amide bonds. The summed E-state index contributed by atoms with van der Waals surface area (Å²) in [6.45, 7) is 1.84. The topological polar surface area (TPSA) is 71.8 Å². The van der Waals surface area contributed by atoms with E-state index in [0.717, 1.165) is 29.4 Å². The van der Waals surface area contributed by atoms with Crippen molar-refractivity contribution in [2.75, 3.05) is 5.75 Å². The van der Waals surface area contributed by atoms with E-state index in [1.54, 1.807) is 11.8 Å². The predicted molar refractivity (Wildman–Crippen MR) is 70.3 cm³/mol. The highest BCUT2D eigenvalue weighted by atomic mass is 32.2. The van der Waals surface area contributed by atoms with E-state index in [0.29, 0.717) is 12.0 Å². The van der Waals surface area contributed by atoms with E-state index in [4.69, 9.17) is 5.73 Å². The summed E-state index contributed by atoms with van der Waals surface area (Å²) in [5.41, 5.74) is 6.72. The summed E-state index contributed by atoms with van der Waals surface area (Å²) in [5, 5.41) is 0.724. The van der Waals surface area contributed by atoms with Gasteiger partial charge in [0.1, 0.15) is 0 Å². The average Bonchev–Trinajstić information content (AvgIpc) is 2.63. The van der Waals surface area contributed by atoms with Gasteiger partial charge in [0.05, 0.1) is 0 Å². The van der Waals surface area contributed by atoms with Crippen molar-refractivity contribution in [3.63, 3.8) is 0 Å². The lowest BCUT2D eigenvalue weighted by Crippen LogP contribution is -2.24. The fraction of sp³-hybridized carbons (Fsp3) is 0.667. The Morgan fingerprint density at radius 3 is 3.06 bits per heavy atom. The van der Waals surface area contributed by atoms with Crippen molar-refractivity contribution < 1.29 is 0 Å². The molecule has 0 spiro atoms. The minimum Gasteiger partial charge on any atom is -0.327 e. The zero-order valence-electron chi connectivity index (χ0n) is 10.1.